The fraction of sp³-hybridized carbons (Fsp3) is 0.300. The third-order valence-corrected chi connectivity index (χ3v) is 2.14. The van der Waals surface area contributed by atoms with Crippen molar-refractivity contribution in [2.24, 2.45) is 0 Å². The van der Waals surface area contributed by atoms with Crippen LogP contribution in [-0.2, 0) is 0 Å². The monoisotopic (exact) mass is 192 g/mol. The molecule has 0 bridgehead atoms. The van der Waals surface area contributed by atoms with Crippen molar-refractivity contribution in [1.29, 1.82) is 0 Å². The minimum Gasteiger partial charge on any atom is -0.439 e. The lowest BCUT2D eigenvalue weighted by atomic mass is 10.3. The first-order chi connectivity index (χ1) is 6.85. The molecule has 1 atom stereocenters. The number of aliphatic hydroxyl groups is 1. The van der Waals surface area contributed by atoms with E-state index >= 15 is 0 Å². The maximum absolute atomic E-state index is 9.04. The number of para-hydroxylation sites is 2. The molecule has 4 nitrogen and oxygen atoms in total. The summed E-state index contributed by atoms with van der Waals surface area (Å²) in [5.41, 5.74) is 1.56. The quantitative estimate of drug-likeness (QED) is 0.764. The van der Waals surface area contributed by atoms with E-state index in [4.69, 9.17) is 9.52 Å². The molecule has 2 N–H and O–H groups in total. The van der Waals surface area contributed by atoms with Crippen molar-refractivity contribution in [3.8, 4) is 0 Å². The number of nitrogens with zero attached hydrogens (tertiary/aromatic N) is 1. The average molecular weight is 192 g/mol. The van der Waals surface area contributed by atoms with E-state index in [9.17, 15) is 0 Å². The molecule has 0 fully saturated rings. The van der Waals surface area contributed by atoms with E-state index in [1.54, 1.807) is 7.05 Å². The lowest BCUT2D eigenvalue weighted by Gasteiger charge is -2.06. The fourth-order valence-corrected chi connectivity index (χ4v) is 1.33. The summed E-state index contributed by atoms with van der Waals surface area (Å²) in [6, 6.07) is 7.30. The molecule has 2 rings (SSSR count). The predicted octanol–water partition coefficient (Wildman–Crippen LogP) is 1.08. The van der Waals surface area contributed by atoms with Crippen molar-refractivity contribution < 1.29 is 9.52 Å². The van der Waals surface area contributed by atoms with Gasteiger partial charge in [0.05, 0.1) is 6.61 Å². The lowest BCUT2D eigenvalue weighted by molar-refractivity contribution is 0.231. The van der Waals surface area contributed by atoms with Crippen LogP contribution < -0.4 is 5.32 Å². The smallest absolute Gasteiger partial charge is 0.215 e. The molecule has 0 saturated carbocycles. The number of hydrogen-bond donors (Lipinski definition) is 2. The zero-order valence-electron chi connectivity index (χ0n) is 7.90. The molecular weight excluding hydrogens is 180 g/mol. The van der Waals surface area contributed by atoms with Crippen LogP contribution in [0.5, 0.6) is 0 Å². The largest absolute Gasteiger partial charge is 0.439 e. The van der Waals surface area contributed by atoms with Gasteiger partial charge in [-0.1, -0.05) is 12.1 Å². The predicted molar refractivity (Wildman–Crippen MR) is 52.9 cm³/mol. The van der Waals surface area contributed by atoms with Gasteiger partial charge in [-0.25, -0.2) is 4.98 Å². The average Bonchev–Trinajstić information content (AvgIpc) is 2.63. The van der Waals surface area contributed by atoms with Crippen LogP contribution in [0.25, 0.3) is 11.1 Å². The highest BCUT2D eigenvalue weighted by Gasteiger charge is 2.14. The van der Waals surface area contributed by atoms with Crippen molar-refractivity contribution in [1.82, 2.24) is 10.3 Å². The molecule has 0 saturated heterocycles. The highest BCUT2D eigenvalue weighted by molar-refractivity contribution is 5.72. The van der Waals surface area contributed by atoms with Gasteiger partial charge in [0, 0.05) is 0 Å². The maximum Gasteiger partial charge on any atom is 0.215 e. The lowest BCUT2D eigenvalue weighted by Crippen LogP contribution is -2.20. The first kappa shape index (κ1) is 9.18. The fourth-order valence-electron chi connectivity index (χ4n) is 1.33. The van der Waals surface area contributed by atoms with E-state index in [0.717, 1.165) is 11.1 Å². The Bertz CT molecular complexity index is 388. The second-order valence-electron chi connectivity index (χ2n) is 3.04. The van der Waals surface area contributed by atoms with Gasteiger partial charge in [-0.15, -0.1) is 0 Å². The number of likely N-dealkylation sites (N-methyl/N-ethyl adjacent to an activating group) is 1. The van der Waals surface area contributed by atoms with Crippen LogP contribution in [0.15, 0.2) is 28.7 Å². The summed E-state index contributed by atoms with van der Waals surface area (Å²) in [5, 5.41) is 12.0. The molecule has 2 aromatic rings. The number of aliphatic hydroxyl groups excluding tert-OH is 1. The summed E-state index contributed by atoms with van der Waals surface area (Å²) in [6.07, 6.45) is 0. The Hall–Kier alpha value is -1.39. The van der Waals surface area contributed by atoms with Gasteiger partial charge < -0.3 is 14.8 Å². The Labute approximate surface area is 81.6 Å². The van der Waals surface area contributed by atoms with E-state index in [-0.39, 0.29) is 12.6 Å². The molecule has 0 aliphatic heterocycles. The van der Waals surface area contributed by atoms with E-state index in [1.165, 1.54) is 0 Å². The highest BCUT2D eigenvalue weighted by Crippen LogP contribution is 2.19. The number of oxazole rings is 1. The van der Waals surface area contributed by atoms with E-state index in [0.29, 0.717) is 5.89 Å². The second-order valence-corrected chi connectivity index (χ2v) is 3.04. The normalized spacial score (nSPS) is 13.3. The van der Waals surface area contributed by atoms with Crippen molar-refractivity contribution in [3.05, 3.63) is 30.2 Å². The topological polar surface area (TPSA) is 58.3 Å². The summed E-state index contributed by atoms with van der Waals surface area (Å²) in [4.78, 5) is 4.27. The van der Waals surface area contributed by atoms with Crippen molar-refractivity contribution in [2.45, 2.75) is 6.04 Å². The molecule has 14 heavy (non-hydrogen) atoms. The summed E-state index contributed by atoms with van der Waals surface area (Å²) < 4.78 is 5.48. The van der Waals surface area contributed by atoms with Crippen LogP contribution in [0.1, 0.15) is 11.9 Å². The Morgan fingerprint density at radius 1 is 1.50 bits per heavy atom. The molecule has 1 unspecified atom stereocenters. The summed E-state index contributed by atoms with van der Waals surface area (Å²) in [7, 11) is 1.76. The van der Waals surface area contributed by atoms with Gasteiger partial charge in [0.15, 0.2) is 5.58 Å². The van der Waals surface area contributed by atoms with Crippen molar-refractivity contribution >= 4 is 11.1 Å². The first-order valence-corrected chi connectivity index (χ1v) is 4.48. The standard InChI is InChI=1S/C10H12N2O2/c1-11-8(6-13)10-12-7-4-2-3-5-9(7)14-10/h2-5,8,11,13H,6H2,1H3. The minimum absolute atomic E-state index is 0.0245. The highest BCUT2D eigenvalue weighted by atomic mass is 16.4. The maximum atomic E-state index is 9.04. The molecule has 0 amide bonds. The molecule has 0 aliphatic carbocycles. The minimum atomic E-state index is -0.234. The number of rotatable bonds is 3. The van der Waals surface area contributed by atoms with Crippen LogP contribution in [0.2, 0.25) is 0 Å². The van der Waals surface area contributed by atoms with Gasteiger partial charge in [-0.05, 0) is 19.2 Å². The van der Waals surface area contributed by atoms with Crippen LogP contribution in [0.3, 0.4) is 0 Å². The number of fused-ring (bicyclic) bond motifs is 1. The molecule has 1 heterocycles. The summed E-state index contributed by atoms with van der Waals surface area (Å²) >= 11 is 0. The Kier molecular flexibility index (Phi) is 2.47. The molecule has 74 valence electrons. The number of nitrogens with one attached hydrogen (secondary N) is 1. The zero-order chi connectivity index (χ0) is 9.97. The van der Waals surface area contributed by atoms with Crippen molar-refractivity contribution in [2.75, 3.05) is 13.7 Å². The number of aromatic nitrogens is 1. The van der Waals surface area contributed by atoms with Gasteiger partial charge in [0.25, 0.3) is 0 Å². The molecule has 1 aromatic carbocycles. The second kappa shape index (κ2) is 3.77. The van der Waals surface area contributed by atoms with Gasteiger partial charge >= 0.3 is 0 Å². The van der Waals surface area contributed by atoms with Crippen LogP contribution in [-0.4, -0.2) is 23.7 Å². The number of hydrogen-bond acceptors (Lipinski definition) is 4. The Morgan fingerprint density at radius 2 is 2.29 bits per heavy atom. The van der Waals surface area contributed by atoms with Crippen LogP contribution in [0.4, 0.5) is 0 Å². The molecular formula is C10H12N2O2. The van der Waals surface area contributed by atoms with Gasteiger partial charge in [0.1, 0.15) is 11.6 Å². The van der Waals surface area contributed by atoms with E-state index < -0.39 is 0 Å². The third-order valence-electron chi connectivity index (χ3n) is 2.14. The van der Waals surface area contributed by atoms with Gasteiger partial charge in [0.2, 0.25) is 5.89 Å². The summed E-state index contributed by atoms with van der Waals surface area (Å²) in [5.74, 6) is 0.524. The zero-order valence-corrected chi connectivity index (χ0v) is 7.90. The van der Waals surface area contributed by atoms with E-state index in [2.05, 4.69) is 10.3 Å². The Balaban J connectivity index is 2.43. The van der Waals surface area contributed by atoms with Crippen LogP contribution >= 0.6 is 0 Å². The number of benzene rings is 1. The Morgan fingerprint density at radius 3 is 2.93 bits per heavy atom. The third kappa shape index (κ3) is 1.49. The molecule has 0 aliphatic rings. The molecule has 1 aromatic heterocycles. The van der Waals surface area contributed by atoms with Crippen LogP contribution in [0, 0.1) is 0 Å². The first-order valence-electron chi connectivity index (χ1n) is 4.48. The van der Waals surface area contributed by atoms with Gasteiger partial charge in [-0.3, -0.25) is 0 Å². The van der Waals surface area contributed by atoms with E-state index in [1.807, 2.05) is 24.3 Å². The molecule has 0 spiro atoms. The molecule has 4 heteroatoms. The molecule has 0 radical (unpaired) electrons. The van der Waals surface area contributed by atoms with Crippen molar-refractivity contribution in [3.63, 3.8) is 0 Å². The summed E-state index contributed by atoms with van der Waals surface area (Å²) in [6.45, 7) is -0.0245. The SMILES string of the molecule is CNC(CO)c1nc2ccccc2o1. The van der Waals surface area contributed by atoms with Gasteiger partial charge in [-0.2, -0.15) is 0 Å².